The van der Waals surface area contributed by atoms with Crippen LogP contribution in [0.4, 0.5) is 0 Å². The average molecular weight is 726 g/mol. The second-order valence-electron chi connectivity index (χ2n) is 15.0. The standard InChI is InChI=1S/C52H31N5/c1-2-14-32(15-3-1)55-43-23-11-8-19-37(43)41-30-33(26-27-46(41)55)56-44-24-12-9-21-39(44)49-47(56)28-29-48-50(49)40-22-10-13-25-45(40)57(48)52-53-31-42-36-18-5-4-16-34(36)35-17-6-7-20-38(35)51(42)54-52/h1-31H. The van der Waals surface area contributed by atoms with Gasteiger partial charge >= 0.3 is 0 Å². The van der Waals surface area contributed by atoms with E-state index in [9.17, 15) is 0 Å². The molecule has 0 spiro atoms. The molecule has 0 radical (unpaired) electrons. The van der Waals surface area contributed by atoms with Gasteiger partial charge in [0.15, 0.2) is 0 Å². The van der Waals surface area contributed by atoms with Crippen LogP contribution in [0.5, 0.6) is 0 Å². The third kappa shape index (κ3) is 4.12. The molecule has 264 valence electrons. The first-order chi connectivity index (χ1) is 28.3. The van der Waals surface area contributed by atoms with Crippen LogP contribution in [0, 0.1) is 0 Å². The van der Waals surface area contributed by atoms with Crippen LogP contribution in [-0.4, -0.2) is 23.7 Å². The van der Waals surface area contributed by atoms with Crippen molar-refractivity contribution in [3.05, 3.63) is 188 Å². The van der Waals surface area contributed by atoms with E-state index in [0.29, 0.717) is 5.95 Å². The van der Waals surface area contributed by atoms with Crippen molar-refractivity contribution in [2.45, 2.75) is 0 Å². The molecule has 0 saturated carbocycles. The van der Waals surface area contributed by atoms with E-state index in [0.717, 1.165) is 49.6 Å². The second-order valence-corrected chi connectivity index (χ2v) is 15.0. The summed E-state index contributed by atoms with van der Waals surface area (Å²) in [5, 5.41) is 13.0. The molecule has 0 aliphatic rings. The SMILES string of the molecule is c1ccc(-n2c3ccccc3c3cc(-n4c5ccccc5c5c6c7ccccc7n(-c7ncc8c9ccccc9c9ccccc9c8n7)c6ccc54)ccc32)cc1. The number of aromatic nitrogens is 5. The van der Waals surface area contributed by atoms with Gasteiger partial charge in [0.05, 0.1) is 38.6 Å². The zero-order chi connectivity index (χ0) is 37.2. The van der Waals surface area contributed by atoms with E-state index >= 15 is 0 Å². The van der Waals surface area contributed by atoms with Crippen LogP contribution in [0.3, 0.4) is 0 Å². The number of rotatable bonds is 3. The number of benzene rings is 9. The fourth-order valence-electron chi connectivity index (χ4n) is 9.73. The lowest BCUT2D eigenvalue weighted by Gasteiger charge is -2.12. The summed E-state index contributed by atoms with van der Waals surface area (Å²) in [6, 6.07) is 65.5. The monoisotopic (exact) mass is 725 g/mol. The summed E-state index contributed by atoms with van der Waals surface area (Å²) in [5.41, 5.74) is 10.1. The zero-order valence-corrected chi connectivity index (χ0v) is 30.6. The Balaban J connectivity index is 1.10. The van der Waals surface area contributed by atoms with Crippen molar-refractivity contribution < 1.29 is 0 Å². The predicted molar refractivity (Wildman–Crippen MR) is 238 cm³/mol. The summed E-state index contributed by atoms with van der Waals surface area (Å²) >= 11 is 0. The van der Waals surface area contributed by atoms with Gasteiger partial charge in [0.2, 0.25) is 5.95 Å². The highest BCUT2D eigenvalue weighted by Crippen LogP contribution is 2.43. The van der Waals surface area contributed by atoms with Crippen LogP contribution >= 0.6 is 0 Å². The minimum Gasteiger partial charge on any atom is -0.309 e. The second kappa shape index (κ2) is 11.4. The summed E-state index contributed by atoms with van der Waals surface area (Å²) in [6.45, 7) is 0. The first kappa shape index (κ1) is 30.6. The summed E-state index contributed by atoms with van der Waals surface area (Å²) in [7, 11) is 0. The molecule has 0 saturated heterocycles. The molecular formula is C52H31N5. The van der Waals surface area contributed by atoms with Crippen molar-refractivity contribution in [3.8, 4) is 17.3 Å². The van der Waals surface area contributed by atoms with Crippen LogP contribution < -0.4 is 0 Å². The molecule has 4 aromatic heterocycles. The molecule has 0 aliphatic carbocycles. The van der Waals surface area contributed by atoms with E-state index < -0.39 is 0 Å². The number of para-hydroxylation sites is 4. The van der Waals surface area contributed by atoms with Gasteiger partial charge in [-0.05, 0) is 76.8 Å². The summed E-state index contributed by atoms with van der Waals surface area (Å²) in [6.07, 6.45) is 2.02. The van der Waals surface area contributed by atoms with Gasteiger partial charge in [-0.15, -0.1) is 0 Å². The Labute approximate surface area is 325 Å². The fraction of sp³-hybridized carbons (Fsp3) is 0. The maximum atomic E-state index is 5.41. The quantitative estimate of drug-likeness (QED) is 0.170. The number of hydrogen-bond acceptors (Lipinski definition) is 2. The Morgan fingerprint density at radius 1 is 0.298 bits per heavy atom. The summed E-state index contributed by atoms with van der Waals surface area (Å²) < 4.78 is 7.07. The first-order valence-corrected chi connectivity index (χ1v) is 19.4. The Bertz CT molecular complexity index is 3780. The molecule has 9 aromatic carbocycles. The van der Waals surface area contributed by atoms with E-state index in [1.165, 1.54) is 59.6 Å². The van der Waals surface area contributed by atoms with E-state index in [1.54, 1.807) is 0 Å². The van der Waals surface area contributed by atoms with Crippen molar-refractivity contribution in [2.24, 2.45) is 0 Å². The van der Waals surface area contributed by atoms with Gasteiger partial charge in [-0.2, -0.15) is 0 Å². The molecule has 4 heterocycles. The van der Waals surface area contributed by atoms with Crippen molar-refractivity contribution >= 4 is 97.9 Å². The molecule has 0 N–H and O–H groups in total. The minimum absolute atomic E-state index is 0.664. The molecule has 0 aliphatic heterocycles. The van der Waals surface area contributed by atoms with Crippen LogP contribution in [-0.2, 0) is 0 Å². The molecule has 0 amide bonds. The third-order valence-corrected chi connectivity index (χ3v) is 12.1. The normalized spacial score (nSPS) is 12.2. The van der Waals surface area contributed by atoms with Gasteiger partial charge in [0.1, 0.15) is 0 Å². The summed E-state index contributed by atoms with van der Waals surface area (Å²) in [5.74, 6) is 0.664. The Morgan fingerprint density at radius 3 is 1.44 bits per heavy atom. The van der Waals surface area contributed by atoms with Crippen LogP contribution in [0.25, 0.3) is 115 Å². The molecule has 5 heteroatoms. The highest BCUT2D eigenvalue weighted by molar-refractivity contribution is 6.29. The van der Waals surface area contributed by atoms with Crippen molar-refractivity contribution in [1.29, 1.82) is 0 Å². The lowest BCUT2D eigenvalue weighted by atomic mass is 9.98. The largest absolute Gasteiger partial charge is 0.309 e. The van der Waals surface area contributed by atoms with E-state index in [4.69, 9.17) is 9.97 Å². The van der Waals surface area contributed by atoms with Gasteiger partial charge in [-0.3, -0.25) is 4.57 Å². The molecule has 0 bridgehead atoms. The van der Waals surface area contributed by atoms with Crippen LogP contribution in [0.2, 0.25) is 0 Å². The highest BCUT2D eigenvalue weighted by Gasteiger charge is 2.23. The first-order valence-electron chi connectivity index (χ1n) is 19.4. The van der Waals surface area contributed by atoms with Gasteiger partial charge in [-0.1, -0.05) is 121 Å². The van der Waals surface area contributed by atoms with E-state index in [1.807, 2.05) is 6.20 Å². The molecule has 5 nitrogen and oxygen atoms in total. The summed E-state index contributed by atoms with van der Waals surface area (Å²) in [4.78, 5) is 10.5. The Morgan fingerprint density at radius 2 is 0.754 bits per heavy atom. The molecule has 57 heavy (non-hydrogen) atoms. The number of fused-ring (bicyclic) bond motifs is 16. The molecule has 13 aromatic rings. The van der Waals surface area contributed by atoms with Crippen molar-refractivity contribution in [3.63, 3.8) is 0 Å². The van der Waals surface area contributed by atoms with Gasteiger partial charge in [-0.25, -0.2) is 9.97 Å². The van der Waals surface area contributed by atoms with Crippen LogP contribution in [0.1, 0.15) is 0 Å². The highest BCUT2D eigenvalue weighted by atomic mass is 15.2. The topological polar surface area (TPSA) is 40.6 Å². The third-order valence-electron chi connectivity index (χ3n) is 12.1. The average Bonchev–Trinajstić information content (AvgIpc) is 3.92. The molecule has 13 rings (SSSR count). The van der Waals surface area contributed by atoms with E-state index in [-0.39, 0.29) is 0 Å². The smallest absolute Gasteiger partial charge is 0.235 e. The van der Waals surface area contributed by atoms with E-state index in [2.05, 4.69) is 196 Å². The molecular weight excluding hydrogens is 695 g/mol. The Kier molecular flexibility index (Phi) is 6.10. The maximum absolute atomic E-state index is 5.41. The lowest BCUT2D eigenvalue weighted by Crippen LogP contribution is -2.01. The number of nitrogens with zero attached hydrogens (tertiary/aromatic N) is 5. The zero-order valence-electron chi connectivity index (χ0n) is 30.6. The fourth-order valence-corrected chi connectivity index (χ4v) is 9.73. The molecule has 0 fully saturated rings. The predicted octanol–water partition coefficient (Wildman–Crippen LogP) is 13.2. The van der Waals surface area contributed by atoms with Crippen molar-refractivity contribution in [1.82, 2.24) is 23.7 Å². The number of hydrogen-bond donors (Lipinski definition) is 0. The van der Waals surface area contributed by atoms with Gasteiger partial charge in [0, 0.05) is 60.7 Å². The van der Waals surface area contributed by atoms with Gasteiger partial charge < -0.3 is 9.13 Å². The van der Waals surface area contributed by atoms with Crippen molar-refractivity contribution in [2.75, 3.05) is 0 Å². The van der Waals surface area contributed by atoms with Gasteiger partial charge in [0.25, 0.3) is 0 Å². The lowest BCUT2D eigenvalue weighted by molar-refractivity contribution is 1.01. The molecule has 0 atom stereocenters. The minimum atomic E-state index is 0.664. The molecule has 0 unspecified atom stereocenters. The Hall–Kier alpha value is -7.76. The van der Waals surface area contributed by atoms with Crippen LogP contribution in [0.15, 0.2) is 188 Å². The maximum Gasteiger partial charge on any atom is 0.235 e.